The fourth-order valence-corrected chi connectivity index (χ4v) is 3.54. The molecule has 0 saturated carbocycles. The second kappa shape index (κ2) is 10.4. The molecule has 2 amide bonds. The summed E-state index contributed by atoms with van der Waals surface area (Å²) in [6.07, 6.45) is -4.33. The van der Waals surface area contributed by atoms with Gasteiger partial charge in [0.2, 0.25) is 0 Å². The van der Waals surface area contributed by atoms with Crippen LogP contribution in [0.1, 0.15) is 19.1 Å². The van der Waals surface area contributed by atoms with E-state index in [-0.39, 0.29) is 23.4 Å². The van der Waals surface area contributed by atoms with Crippen LogP contribution in [0.5, 0.6) is 0 Å². The first kappa shape index (κ1) is 26.1. The van der Waals surface area contributed by atoms with Gasteiger partial charge in [-0.15, -0.1) is 0 Å². The zero-order valence-electron chi connectivity index (χ0n) is 17.6. The van der Waals surface area contributed by atoms with Crippen LogP contribution in [-0.4, -0.2) is 97.3 Å². The van der Waals surface area contributed by atoms with Crippen LogP contribution in [0.25, 0.3) is 11.2 Å². The van der Waals surface area contributed by atoms with Gasteiger partial charge in [-0.2, -0.15) is 8.42 Å². The van der Waals surface area contributed by atoms with Gasteiger partial charge in [-0.1, -0.05) is 0 Å². The Hall–Kier alpha value is -3.49. The first-order valence-corrected chi connectivity index (χ1v) is 11.2. The van der Waals surface area contributed by atoms with Gasteiger partial charge in [0.1, 0.15) is 30.7 Å². The number of anilines is 1. The summed E-state index contributed by atoms with van der Waals surface area (Å²) >= 11 is 0. The van der Waals surface area contributed by atoms with Crippen LogP contribution in [0.2, 0.25) is 0 Å². The second-order valence-electron chi connectivity index (χ2n) is 7.29. The summed E-state index contributed by atoms with van der Waals surface area (Å²) in [6, 6.07) is -2.49. The number of ether oxygens (including phenoxy) is 1. The van der Waals surface area contributed by atoms with Crippen LogP contribution in [0, 0.1) is 0 Å². The molecule has 3 heterocycles. The summed E-state index contributed by atoms with van der Waals surface area (Å²) < 4.78 is 33.0. The molecule has 2 aromatic heterocycles. The van der Waals surface area contributed by atoms with E-state index in [2.05, 4.69) is 29.8 Å². The molecular formula is C16H21N7O11S. The fourth-order valence-electron chi connectivity index (χ4n) is 3.22. The average molecular weight is 519 g/mol. The number of nitrogens with one attached hydrogen (secondary N) is 2. The number of carbonyl (C=O) groups excluding carboxylic acids is 1. The lowest BCUT2D eigenvalue weighted by Gasteiger charge is -2.16. The molecule has 0 aromatic carbocycles. The minimum Gasteiger partial charge on any atom is -0.481 e. The van der Waals surface area contributed by atoms with Crippen LogP contribution in [0.4, 0.5) is 10.6 Å². The van der Waals surface area contributed by atoms with E-state index in [0.717, 1.165) is 12.7 Å². The summed E-state index contributed by atoms with van der Waals surface area (Å²) in [4.78, 5) is 46.1. The van der Waals surface area contributed by atoms with Crippen LogP contribution in [-0.2, 0) is 28.8 Å². The van der Waals surface area contributed by atoms with Gasteiger partial charge in [0.25, 0.3) is 0 Å². The van der Waals surface area contributed by atoms with Gasteiger partial charge in [0.05, 0.1) is 12.9 Å². The number of hydrogen-bond acceptors (Lipinski definition) is 12. The van der Waals surface area contributed by atoms with E-state index >= 15 is 0 Å². The topological polar surface area (TPSA) is 278 Å². The molecule has 0 aliphatic carbocycles. The molecule has 1 fully saturated rings. The average Bonchev–Trinajstić information content (AvgIpc) is 3.31. The van der Waals surface area contributed by atoms with Gasteiger partial charge in [-0.3, -0.25) is 18.9 Å². The zero-order chi connectivity index (χ0) is 25.9. The number of hydrogen-bond donors (Lipinski definition) is 7. The van der Waals surface area contributed by atoms with E-state index in [9.17, 15) is 33.0 Å². The molecular weight excluding hydrogens is 498 g/mol. The van der Waals surface area contributed by atoms with Crippen molar-refractivity contribution < 1.29 is 52.1 Å². The lowest BCUT2D eigenvalue weighted by molar-refractivity contribution is -0.140. The molecule has 2 aromatic rings. The zero-order valence-corrected chi connectivity index (χ0v) is 18.4. The number of carboxylic acids is 2. The molecule has 0 bridgehead atoms. The highest BCUT2D eigenvalue weighted by Crippen LogP contribution is 2.32. The molecule has 1 aliphatic heterocycles. The molecule has 192 valence electrons. The van der Waals surface area contributed by atoms with E-state index in [4.69, 9.17) is 20.1 Å². The first-order valence-electron chi connectivity index (χ1n) is 9.75. The number of nitrogens with zero attached hydrogens (tertiary/aromatic N) is 4. The number of urea groups is 1. The normalized spacial score (nSPS) is 23.2. The summed E-state index contributed by atoms with van der Waals surface area (Å²) in [5.74, 6) is -2.83. The number of amides is 2. The molecule has 18 nitrogen and oxygen atoms in total. The Bertz CT molecular complexity index is 1220. The Morgan fingerprint density at radius 1 is 1.20 bits per heavy atom. The van der Waals surface area contributed by atoms with Gasteiger partial charge in [0, 0.05) is 6.42 Å². The highest BCUT2D eigenvalue weighted by molar-refractivity contribution is 7.84. The Morgan fingerprint density at radius 2 is 1.91 bits per heavy atom. The van der Waals surface area contributed by atoms with Crippen molar-refractivity contribution in [2.45, 2.75) is 43.4 Å². The summed E-state index contributed by atoms with van der Waals surface area (Å²) in [6.45, 7) is -0.672. The third kappa shape index (κ3) is 6.35. The number of aliphatic carboxylic acids is 2. The van der Waals surface area contributed by atoms with Crippen molar-refractivity contribution in [2.75, 3.05) is 11.9 Å². The number of nitrogens with two attached hydrogens (primary N) is 1. The molecule has 35 heavy (non-hydrogen) atoms. The molecule has 0 radical (unpaired) electrons. The van der Waals surface area contributed by atoms with Gasteiger partial charge in [-0.25, -0.2) is 29.7 Å². The molecule has 1 saturated heterocycles. The fraction of sp³-hybridized carbons (Fsp3) is 0.500. The number of aliphatic hydroxyl groups is 2. The van der Waals surface area contributed by atoms with Crippen LogP contribution in [0.15, 0.2) is 12.7 Å². The number of aliphatic hydroxyl groups excluding tert-OH is 2. The largest absolute Gasteiger partial charge is 0.481 e. The van der Waals surface area contributed by atoms with Crippen LogP contribution < -0.4 is 15.8 Å². The Labute approximate surface area is 195 Å². The summed E-state index contributed by atoms with van der Waals surface area (Å²) in [5, 5.41) is 47.6. The second-order valence-corrected chi connectivity index (χ2v) is 8.51. The van der Waals surface area contributed by atoms with Crippen LogP contribution in [0.3, 0.4) is 0 Å². The van der Waals surface area contributed by atoms with E-state index < -0.39 is 71.9 Å². The smallest absolute Gasteiger partial charge is 0.333 e. The van der Waals surface area contributed by atoms with Crippen molar-refractivity contribution >= 4 is 45.3 Å². The monoisotopic (exact) mass is 519 g/mol. The van der Waals surface area contributed by atoms with Crippen LogP contribution >= 0.6 is 0 Å². The molecule has 8 N–H and O–H groups in total. The van der Waals surface area contributed by atoms with Crippen molar-refractivity contribution in [1.29, 1.82) is 0 Å². The van der Waals surface area contributed by atoms with Gasteiger partial charge in [-0.05, 0) is 6.42 Å². The Kier molecular flexibility index (Phi) is 7.77. The summed E-state index contributed by atoms with van der Waals surface area (Å²) in [7, 11) is -4.32. The molecule has 5 atom stereocenters. The Balaban J connectivity index is 1.76. The predicted octanol–water partition coefficient (Wildman–Crippen LogP) is -2.89. The summed E-state index contributed by atoms with van der Waals surface area (Å²) in [5.41, 5.74) is 0.0230. The van der Waals surface area contributed by atoms with Crippen molar-refractivity contribution in [1.82, 2.24) is 24.8 Å². The maximum atomic E-state index is 12.3. The minimum absolute atomic E-state index is 0.00501. The minimum atomic E-state index is -4.32. The third-order valence-corrected chi connectivity index (χ3v) is 5.31. The van der Waals surface area contributed by atoms with E-state index in [1.165, 1.54) is 4.57 Å². The molecule has 1 aliphatic rings. The van der Waals surface area contributed by atoms with Crippen molar-refractivity contribution in [3.8, 4) is 0 Å². The molecule has 0 unspecified atom stereocenters. The number of carboxylic acid groups (broad SMARTS) is 2. The van der Waals surface area contributed by atoms with Crippen molar-refractivity contribution in [3.05, 3.63) is 12.7 Å². The van der Waals surface area contributed by atoms with Gasteiger partial charge >= 0.3 is 28.3 Å². The number of imidazole rings is 1. The SMILES string of the molecule is NS(=O)(=O)OC[C@@H]1O[C@@H](n2cnc3c(NC(=O)N[C@@H](CCC(=O)O)C(=O)O)ncnc32)[C@H](O)[C@@H]1O. The van der Waals surface area contributed by atoms with Crippen molar-refractivity contribution in [3.63, 3.8) is 0 Å². The van der Waals surface area contributed by atoms with Crippen molar-refractivity contribution in [2.24, 2.45) is 5.14 Å². The molecule has 19 heteroatoms. The number of rotatable bonds is 10. The quantitative estimate of drug-likeness (QED) is 0.166. The predicted molar refractivity (Wildman–Crippen MR) is 111 cm³/mol. The first-order chi connectivity index (χ1) is 16.4. The standard InChI is InChI=1S/C16H21N7O11S/c17-35(31,32)33-3-7-10(26)11(27)14(34-7)23-5-20-9-12(18-4-19-13(9)23)22-16(30)21-6(15(28)29)1-2-8(24)25/h4-7,10-11,14,26-27H,1-3H2,(H,24,25)(H,28,29)(H2,17,31,32)(H2,18,19,21,22,30)/t6-,7-,10+,11+,14+/m0/s1. The van der Waals surface area contributed by atoms with Gasteiger partial charge < -0.3 is 30.5 Å². The molecule has 0 spiro atoms. The number of aromatic nitrogens is 4. The number of fused-ring (bicyclic) bond motifs is 1. The lowest BCUT2D eigenvalue weighted by Crippen LogP contribution is -2.43. The maximum Gasteiger partial charge on any atom is 0.333 e. The number of carbonyl (C=O) groups is 3. The third-order valence-electron chi connectivity index (χ3n) is 4.85. The van der Waals surface area contributed by atoms with E-state index in [1.807, 2.05) is 0 Å². The lowest BCUT2D eigenvalue weighted by atomic mass is 10.1. The molecule has 3 rings (SSSR count). The highest BCUT2D eigenvalue weighted by atomic mass is 32.2. The highest BCUT2D eigenvalue weighted by Gasteiger charge is 2.45. The van der Waals surface area contributed by atoms with Gasteiger partial charge in [0.15, 0.2) is 23.2 Å². The van der Waals surface area contributed by atoms with E-state index in [0.29, 0.717) is 0 Å². The maximum absolute atomic E-state index is 12.3. The van der Waals surface area contributed by atoms with E-state index in [1.54, 1.807) is 0 Å². The Morgan fingerprint density at radius 3 is 2.54 bits per heavy atom.